The Morgan fingerprint density at radius 1 is 1.17 bits per heavy atom. The maximum absolute atomic E-state index is 9.40. The normalized spacial score (nSPS) is 13.8. The summed E-state index contributed by atoms with van der Waals surface area (Å²) in [6, 6.07) is 0. The molecule has 1 atom stereocenters. The van der Waals surface area contributed by atoms with Crippen molar-refractivity contribution >= 4 is 0 Å². The third kappa shape index (κ3) is 4.66. The first-order chi connectivity index (χ1) is 5.76. The highest BCUT2D eigenvalue weighted by atomic mass is 16.7. The summed E-state index contributed by atoms with van der Waals surface area (Å²) >= 11 is 0. The van der Waals surface area contributed by atoms with Crippen LogP contribution in [-0.4, -0.2) is 44.4 Å². The first-order valence-corrected chi connectivity index (χ1v) is 4.16. The molecule has 12 heavy (non-hydrogen) atoms. The lowest BCUT2D eigenvalue weighted by Gasteiger charge is -2.21. The second-order valence-electron chi connectivity index (χ2n) is 2.30. The van der Waals surface area contributed by atoms with Crippen molar-refractivity contribution in [3.8, 4) is 0 Å². The van der Waals surface area contributed by atoms with Crippen LogP contribution in [0, 0.1) is 0 Å². The quantitative estimate of drug-likeness (QED) is 0.573. The third-order valence-electron chi connectivity index (χ3n) is 1.31. The Kier molecular flexibility index (Phi) is 7.39. The van der Waals surface area contributed by atoms with Gasteiger partial charge in [0.25, 0.3) is 0 Å². The zero-order valence-electron chi connectivity index (χ0n) is 7.95. The van der Waals surface area contributed by atoms with Crippen molar-refractivity contribution in [1.82, 2.24) is 0 Å². The number of hydrogen-bond acceptors (Lipinski definition) is 4. The van der Waals surface area contributed by atoms with Crippen molar-refractivity contribution < 1.29 is 19.3 Å². The van der Waals surface area contributed by atoms with Gasteiger partial charge in [-0.1, -0.05) is 0 Å². The fraction of sp³-hybridized carbons (Fsp3) is 1.00. The second kappa shape index (κ2) is 7.49. The van der Waals surface area contributed by atoms with Gasteiger partial charge in [-0.2, -0.15) is 0 Å². The van der Waals surface area contributed by atoms with Crippen LogP contribution in [-0.2, 0) is 14.2 Å². The molecule has 0 saturated heterocycles. The number of aliphatic hydroxyl groups is 1. The lowest BCUT2D eigenvalue weighted by Crippen LogP contribution is -2.35. The summed E-state index contributed by atoms with van der Waals surface area (Å²) in [6.07, 6.45) is -1.28. The second-order valence-corrected chi connectivity index (χ2v) is 2.30. The predicted molar refractivity (Wildman–Crippen MR) is 44.9 cm³/mol. The summed E-state index contributed by atoms with van der Waals surface area (Å²) < 4.78 is 15.1. The number of rotatable bonds is 7. The molecule has 0 spiro atoms. The van der Waals surface area contributed by atoms with Gasteiger partial charge in [-0.15, -0.1) is 0 Å². The van der Waals surface area contributed by atoms with Gasteiger partial charge in [0, 0.05) is 20.3 Å². The largest absolute Gasteiger partial charge is 0.385 e. The van der Waals surface area contributed by atoms with Gasteiger partial charge in [0.15, 0.2) is 6.29 Å². The molecule has 4 heteroatoms. The van der Waals surface area contributed by atoms with E-state index in [9.17, 15) is 5.11 Å². The Labute approximate surface area is 73.4 Å². The average Bonchev–Trinajstić information content (AvgIpc) is 2.04. The molecule has 0 radical (unpaired) electrons. The summed E-state index contributed by atoms with van der Waals surface area (Å²) in [5.41, 5.74) is 0. The molecule has 0 aliphatic carbocycles. The molecular weight excluding hydrogens is 160 g/mol. The van der Waals surface area contributed by atoms with E-state index in [1.807, 2.05) is 13.8 Å². The minimum absolute atomic E-state index is 0.227. The highest BCUT2D eigenvalue weighted by molar-refractivity contribution is 4.58. The fourth-order valence-electron chi connectivity index (χ4n) is 0.848. The first-order valence-electron chi connectivity index (χ1n) is 4.16. The van der Waals surface area contributed by atoms with Crippen molar-refractivity contribution in [2.24, 2.45) is 0 Å². The Balaban J connectivity index is 3.72. The highest BCUT2D eigenvalue weighted by Crippen LogP contribution is 2.02. The minimum atomic E-state index is -0.713. The molecule has 0 fully saturated rings. The molecule has 1 N–H and O–H groups in total. The summed E-state index contributed by atoms with van der Waals surface area (Å²) in [4.78, 5) is 0. The molecular formula is C8H18O4. The van der Waals surface area contributed by atoms with Crippen LogP contribution in [0.3, 0.4) is 0 Å². The van der Waals surface area contributed by atoms with Crippen LogP contribution >= 0.6 is 0 Å². The molecule has 0 saturated carbocycles. The summed E-state index contributed by atoms with van der Waals surface area (Å²) in [5.74, 6) is 0. The molecule has 4 nitrogen and oxygen atoms in total. The van der Waals surface area contributed by atoms with Crippen LogP contribution < -0.4 is 0 Å². The molecule has 0 rings (SSSR count). The Bertz CT molecular complexity index is 91.1. The van der Waals surface area contributed by atoms with E-state index < -0.39 is 12.4 Å². The van der Waals surface area contributed by atoms with E-state index in [1.165, 1.54) is 7.11 Å². The van der Waals surface area contributed by atoms with Crippen molar-refractivity contribution in [1.29, 1.82) is 0 Å². The van der Waals surface area contributed by atoms with Crippen molar-refractivity contribution in [2.75, 3.05) is 26.9 Å². The van der Waals surface area contributed by atoms with Crippen molar-refractivity contribution in [3.63, 3.8) is 0 Å². The van der Waals surface area contributed by atoms with Crippen LogP contribution in [0.5, 0.6) is 0 Å². The van der Waals surface area contributed by atoms with E-state index in [0.717, 1.165) is 0 Å². The van der Waals surface area contributed by atoms with Crippen LogP contribution in [0.1, 0.15) is 13.8 Å². The molecule has 0 aliphatic heterocycles. The number of methoxy groups -OCH3 is 1. The molecule has 0 amide bonds. The monoisotopic (exact) mass is 178 g/mol. The van der Waals surface area contributed by atoms with Crippen molar-refractivity contribution in [3.05, 3.63) is 0 Å². The van der Waals surface area contributed by atoms with E-state index >= 15 is 0 Å². The summed E-state index contributed by atoms with van der Waals surface area (Å²) in [7, 11) is 1.53. The van der Waals surface area contributed by atoms with E-state index in [-0.39, 0.29) is 6.61 Å². The Hall–Kier alpha value is -0.160. The van der Waals surface area contributed by atoms with Gasteiger partial charge in [-0.25, -0.2) is 0 Å². The summed E-state index contributed by atoms with van der Waals surface area (Å²) in [6.45, 7) is 4.97. The Morgan fingerprint density at radius 2 is 1.67 bits per heavy atom. The fourth-order valence-corrected chi connectivity index (χ4v) is 0.848. The van der Waals surface area contributed by atoms with Gasteiger partial charge in [0.1, 0.15) is 6.10 Å². The van der Waals surface area contributed by atoms with Gasteiger partial charge in [0.2, 0.25) is 0 Å². The molecule has 0 aliphatic rings. The van der Waals surface area contributed by atoms with Crippen LogP contribution in [0.25, 0.3) is 0 Å². The number of aliphatic hydroxyl groups excluding tert-OH is 1. The molecule has 74 valence electrons. The van der Waals surface area contributed by atoms with E-state index in [2.05, 4.69) is 0 Å². The highest BCUT2D eigenvalue weighted by Gasteiger charge is 2.18. The topological polar surface area (TPSA) is 47.9 Å². The smallest absolute Gasteiger partial charge is 0.185 e. The van der Waals surface area contributed by atoms with Gasteiger partial charge < -0.3 is 19.3 Å². The van der Waals surface area contributed by atoms with Crippen molar-refractivity contribution in [2.45, 2.75) is 26.2 Å². The van der Waals surface area contributed by atoms with Crippen LogP contribution in [0.2, 0.25) is 0 Å². The molecule has 0 aromatic heterocycles. The maximum Gasteiger partial charge on any atom is 0.185 e. The Morgan fingerprint density at radius 3 is 2.00 bits per heavy atom. The minimum Gasteiger partial charge on any atom is -0.385 e. The van der Waals surface area contributed by atoms with E-state index in [0.29, 0.717) is 13.2 Å². The lowest BCUT2D eigenvalue weighted by atomic mass is 10.3. The molecule has 0 aromatic rings. The van der Waals surface area contributed by atoms with Crippen LogP contribution in [0.4, 0.5) is 0 Å². The summed E-state index contributed by atoms with van der Waals surface area (Å²) in [5, 5.41) is 9.40. The SMILES string of the molecule is CCOC(OCC)C(O)COC. The predicted octanol–water partition coefficient (Wildman–Crippen LogP) is 0.393. The zero-order chi connectivity index (χ0) is 9.40. The van der Waals surface area contributed by atoms with E-state index in [1.54, 1.807) is 0 Å². The average molecular weight is 178 g/mol. The third-order valence-corrected chi connectivity index (χ3v) is 1.31. The van der Waals surface area contributed by atoms with Gasteiger partial charge in [0.05, 0.1) is 6.61 Å². The molecule has 1 unspecified atom stereocenters. The lowest BCUT2D eigenvalue weighted by molar-refractivity contribution is -0.198. The standard InChI is InChI=1S/C8H18O4/c1-4-11-8(12-5-2)7(9)6-10-3/h7-9H,4-6H2,1-3H3. The van der Waals surface area contributed by atoms with Gasteiger partial charge in [-0.05, 0) is 13.8 Å². The molecule has 0 aromatic carbocycles. The van der Waals surface area contributed by atoms with Gasteiger partial charge >= 0.3 is 0 Å². The van der Waals surface area contributed by atoms with Gasteiger partial charge in [-0.3, -0.25) is 0 Å². The number of ether oxygens (including phenoxy) is 3. The molecule has 0 bridgehead atoms. The zero-order valence-corrected chi connectivity index (χ0v) is 7.95. The van der Waals surface area contributed by atoms with Crippen LogP contribution in [0.15, 0.2) is 0 Å². The first kappa shape index (κ1) is 11.8. The van der Waals surface area contributed by atoms with E-state index in [4.69, 9.17) is 14.2 Å². The maximum atomic E-state index is 9.40. The molecule has 0 heterocycles. The number of hydrogen-bond donors (Lipinski definition) is 1.